The van der Waals surface area contributed by atoms with Gasteiger partial charge in [-0.2, -0.15) is 0 Å². The Morgan fingerprint density at radius 3 is 2.45 bits per heavy atom. The molecule has 0 spiro atoms. The topological polar surface area (TPSA) is 66.5 Å². The molecule has 0 aromatic heterocycles. The predicted molar refractivity (Wildman–Crippen MR) is 86.2 cm³/mol. The van der Waals surface area contributed by atoms with E-state index >= 15 is 0 Å². The molecule has 1 aromatic carbocycles. The highest BCUT2D eigenvalue weighted by Crippen LogP contribution is 2.32. The van der Waals surface area contributed by atoms with Gasteiger partial charge in [-0.25, -0.2) is 0 Å². The normalized spacial score (nSPS) is 14.5. The van der Waals surface area contributed by atoms with Crippen LogP contribution in [0.5, 0.6) is 0 Å². The van der Waals surface area contributed by atoms with Crippen LogP contribution in [0.15, 0.2) is 40.8 Å². The molecule has 1 heterocycles. The van der Waals surface area contributed by atoms with Crippen molar-refractivity contribution in [3.05, 3.63) is 46.4 Å². The fourth-order valence-electron chi connectivity index (χ4n) is 2.03. The molecule has 1 aliphatic heterocycles. The molecule has 6 heteroatoms. The number of carbonyl (C=O) groups excluding carboxylic acids is 3. The third-order valence-corrected chi connectivity index (χ3v) is 4.37. The van der Waals surface area contributed by atoms with Gasteiger partial charge >= 0.3 is 0 Å². The number of nitrogens with zero attached hydrogens (tertiary/aromatic N) is 1. The third kappa shape index (κ3) is 3.98. The zero-order chi connectivity index (χ0) is 16.1. The van der Waals surface area contributed by atoms with Crippen LogP contribution in [-0.2, 0) is 16.0 Å². The molecule has 3 amide bonds. The zero-order valence-corrected chi connectivity index (χ0v) is 13.4. The molecule has 0 bridgehead atoms. The van der Waals surface area contributed by atoms with Gasteiger partial charge in [0.15, 0.2) is 0 Å². The van der Waals surface area contributed by atoms with Crippen molar-refractivity contribution in [3.63, 3.8) is 0 Å². The summed E-state index contributed by atoms with van der Waals surface area (Å²) in [4.78, 5) is 37.1. The van der Waals surface area contributed by atoms with Crippen molar-refractivity contribution in [1.29, 1.82) is 0 Å². The molecule has 22 heavy (non-hydrogen) atoms. The number of benzene rings is 1. The third-order valence-electron chi connectivity index (χ3n) is 3.18. The maximum atomic E-state index is 12.0. The van der Waals surface area contributed by atoms with Crippen LogP contribution in [-0.4, -0.2) is 35.0 Å². The fourth-order valence-corrected chi connectivity index (χ4v) is 2.87. The minimum atomic E-state index is -0.389. The lowest BCUT2D eigenvalue weighted by molar-refractivity contribution is -0.129. The average Bonchev–Trinajstić information content (AvgIpc) is 2.76. The maximum Gasteiger partial charge on any atom is 0.294 e. The molecule has 0 atom stereocenters. The molecule has 1 N–H and O–H groups in total. The number of thioether (sulfide) groups is 1. The molecule has 1 aromatic rings. The van der Waals surface area contributed by atoms with Crippen LogP contribution in [0.2, 0.25) is 0 Å². The summed E-state index contributed by atoms with van der Waals surface area (Å²) in [7, 11) is 0. The molecular weight excluding hydrogens is 300 g/mol. The standard InChI is InChI=1S/C16H18N2O3S/c1-11(2)14-15(20)18(16(21)22-14)10-13(19)17-9-8-12-6-4-3-5-7-12/h3-7H,8-10H2,1-2H3,(H,17,19). The van der Waals surface area contributed by atoms with Crippen molar-refractivity contribution in [2.75, 3.05) is 13.1 Å². The van der Waals surface area contributed by atoms with E-state index in [0.717, 1.165) is 27.8 Å². The van der Waals surface area contributed by atoms with E-state index in [1.54, 1.807) is 13.8 Å². The van der Waals surface area contributed by atoms with Crippen LogP contribution in [0.1, 0.15) is 19.4 Å². The second-order valence-electron chi connectivity index (χ2n) is 5.17. The fraction of sp³-hybridized carbons (Fsp3) is 0.312. The van der Waals surface area contributed by atoms with Crippen LogP contribution in [0.3, 0.4) is 0 Å². The number of hydrogen-bond acceptors (Lipinski definition) is 4. The number of carbonyl (C=O) groups is 3. The zero-order valence-electron chi connectivity index (χ0n) is 12.6. The first-order valence-corrected chi connectivity index (χ1v) is 7.82. The van der Waals surface area contributed by atoms with E-state index in [-0.39, 0.29) is 23.6 Å². The SMILES string of the molecule is CC(C)=C1SC(=O)N(CC(=O)NCCc2ccccc2)C1=O. The highest BCUT2D eigenvalue weighted by atomic mass is 32.2. The highest BCUT2D eigenvalue weighted by molar-refractivity contribution is 8.18. The van der Waals surface area contributed by atoms with Gasteiger partial charge in [-0.15, -0.1) is 0 Å². The van der Waals surface area contributed by atoms with Crippen molar-refractivity contribution in [2.45, 2.75) is 20.3 Å². The predicted octanol–water partition coefficient (Wildman–Crippen LogP) is 2.33. The van der Waals surface area contributed by atoms with Crippen LogP contribution < -0.4 is 5.32 Å². The summed E-state index contributed by atoms with van der Waals surface area (Å²) in [6, 6.07) is 9.79. The van der Waals surface area contributed by atoms with Gasteiger partial charge in [0, 0.05) is 6.54 Å². The van der Waals surface area contributed by atoms with Gasteiger partial charge in [0.2, 0.25) is 5.91 Å². The summed E-state index contributed by atoms with van der Waals surface area (Å²) in [6.45, 7) is 3.80. The van der Waals surface area contributed by atoms with Gasteiger partial charge in [0.1, 0.15) is 6.54 Å². The summed E-state index contributed by atoms with van der Waals surface area (Å²) in [6.07, 6.45) is 0.711. The smallest absolute Gasteiger partial charge is 0.294 e. The largest absolute Gasteiger partial charge is 0.354 e. The Bertz CT molecular complexity index is 622. The van der Waals surface area contributed by atoms with Crippen molar-refractivity contribution in [2.24, 2.45) is 0 Å². The first-order valence-electron chi connectivity index (χ1n) is 7.01. The summed E-state index contributed by atoms with van der Waals surface area (Å²) in [5.41, 5.74) is 1.91. The molecular formula is C16H18N2O3S. The van der Waals surface area contributed by atoms with Gasteiger partial charge in [0.05, 0.1) is 4.91 Å². The molecule has 2 rings (SSSR count). The summed E-state index contributed by atoms with van der Waals surface area (Å²) in [5.74, 6) is -0.707. The second kappa shape index (κ2) is 7.26. The highest BCUT2D eigenvalue weighted by Gasteiger charge is 2.36. The van der Waals surface area contributed by atoms with Crippen LogP contribution in [0.4, 0.5) is 4.79 Å². The molecule has 0 radical (unpaired) electrons. The average molecular weight is 318 g/mol. The van der Waals surface area contributed by atoms with Crippen LogP contribution in [0.25, 0.3) is 0 Å². The van der Waals surface area contributed by atoms with Gasteiger partial charge < -0.3 is 5.32 Å². The van der Waals surface area contributed by atoms with E-state index in [9.17, 15) is 14.4 Å². The molecule has 5 nitrogen and oxygen atoms in total. The summed E-state index contributed by atoms with van der Waals surface area (Å²) < 4.78 is 0. The van der Waals surface area contributed by atoms with Gasteiger partial charge in [-0.3, -0.25) is 19.3 Å². The second-order valence-corrected chi connectivity index (χ2v) is 6.14. The lowest BCUT2D eigenvalue weighted by Gasteiger charge is -2.12. The molecule has 0 unspecified atom stereocenters. The van der Waals surface area contributed by atoms with Crippen LogP contribution in [0, 0.1) is 0 Å². The Morgan fingerprint density at radius 1 is 1.18 bits per heavy atom. The number of nitrogens with one attached hydrogen (secondary N) is 1. The number of imide groups is 1. The van der Waals surface area contributed by atoms with Gasteiger partial charge in [-0.05, 0) is 37.6 Å². The summed E-state index contributed by atoms with van der Waals surface area (Å²) in [5, 5.41) is 2.34. The van der Waals surface area contributed by atoms with E-state index in [4.69, 9.17) is 0 Å². The van der Waals surface area contributed by atoms with Gasteiger partial charge in [0.25, 0.3) is 11.1 Å². The first-order chi connectivity index (χ1) is 10.5. The van der Waals surface area contributed by atoms with E-state index in [0.29, 0.717) is 17.9 Å². The Balaban J connectivity index is 1.84. The Kier molecular flexibility index (Phi) is 5.38. The number of rotatable bonds is 5. The molecule has 1 saturated heterocycles. The maximum absolute atomic E-state index is 12.0. The molecule has 1 aliphatic rings. The van der Waals surface area contributed by atoms with Gasteiger partial charge in [-0.1, -0.05) is 35.9 Å². The van der Waals surface area contributed by atoms with Crippen molar-refractivity contribution in [3.8, 4) is 0 Å². The molecule has 1 fully saturated rings. The molecule has 116 valence electrons. The summed E-state index contributed by atoms with van der Waals surface area (Å²) >= 11 is 0.890. The van der Waals surface area contributed by atoms with E-state index in [1.807, 2.05) is 30.3 Å². The minimum absolute atomic E-state index is 0.226. The van der Waals surface area contributed by atoms with Crippen molar-refractivity contribution in [1.82, 2.24) is 10.2 Å². The van der Waals surface area contributed by atoms with E-state index < -0.39 is 0 Å². The first kappa shape index (κ1) is 16.3. The number of amides is 3. The Labute approximate surface area is 133 Å². The number of allylic oxidation sites excluding steroid dienone is 1. The number of hydrogen-bond donors (Lipinski definition) is 1. The van der Waals surface area contributed by atoms with E-state index in [2.05, 4.69) is 5.32 Å². The minimum Gasteiger partial charge on any atom is -0.354 e. The molecule has 0 aliphatic carbocycles. The Morgan fingerprint density at radius 2 is 1.86 bits per heavy atom. The lowest BCUT2D eigenvalue weighted by Crippen LogP contribution is -2.40. The van der Waals surface area contributed by atoms with Crippen LogP contribution >= 0.6 is 11.8 Å². The monoisotopic (exact) mass is 318 g/mol. The molecule has 0 saturated carbocycles. The quantitative estimate of drug-likeness (QED) is 0.846. The van der Waals surface area contributed by atoms with Crippen molar-refractivity contribution < 1.29 is 14.4 Å². The lowest BCUT2D eigenvalue weighted by atomic mass is 10.1. The Hall–Kier alpha value is -2.08. The van der Waals surface area contributed by atoms with E-state index in [1.165, 1.54) is 0 Å². The van der Waals surface area contributed by atoms with Crippen molar-refractivity contribution >= 4 is 28.8 Å².